The van der Waals surface area contributed by atoms with E-state index in [9.17, 15) is 9.59 Å². The van der Waals surface area contributed by atoms with Gasteiger partial charge in [0, 0.05) is 22.3 Å². The van der Waals surface area contributed by atoms with Gasteiger partial charge in [-0.3, -0.25) is 10.6 Å². The fraction of sp³-hybridized carbons (Fsp3) is 0.227. The number of amides is 2. The van der Waals surface area contributed by atoms with Crippen molar-refractivity contribution < 1.29 is 19.1 Å². The molecule has 0 saturated carbocycles. The van der Waals surface area contributed by atoms with Crippen LogP contribution >= 0.6 is 0 Å². The molecule has 0 aliphatic heterocycles. The van der Waals surface area contributed by atoms with E-state index in [2.05, 4.69) is 79.1 Å². The third-order valence-corrected chi connectivity index (χ3v) is 8.22. The quantitative estimate of drug-likeness (QED) is 0.192. The normalized spacial score (nSPS) is 11.8. The molecule has 0 aliphatic rings. The second-order valence-corrected chi connectivity index (χ2v) is 14.8. The zero-order valence-electron chi connectivity index (χ0n) is 30.0. The first kappa shape index (κ1) is 34.3. The molecule has 0 aromatic heterocycles. The Kier molecular flexibility index (Phi) is 9.15. The maximum atomic E-state index is 13.8. The van der Waals surface area contributed by atoms with Crippen LogP contribution in [0.4, 0.5) is 21.0 Å². The summed E-state index contributed by atoms with van der Waals surface area (Å²) in [5.74, 6) is 0. The Morgan fingerprint density at radius 2 is 0.900 bits per heavy atom. The number of ether oxygens (including phenoxy) is 2. The van der Waals surface area contributed by atoms with Crippen molar-refractivity contribution in [2.75, 3.05) is 10.6 Å². The molecule has 6 aromatic rings. The van der Waals surface area contributed by atoms with Crippen LogP contribution in [0.1, 0.15) is 52.7 Å². The van der Waals surface area contributed by atoms with Crippen LogP contribution in [0.3, 0.4) is 0 Å². The number of fused-ring (bicyclic) bond motifs is 2. The Balaban J connectivity index is 1.80. The van der Waals surface area contributed by atoms with E-state index in [0.717, 1.165) is 66.1 Å². The van der Waals surface area contributed by atoms with Crippen molar-refractivity contribution in [3.63, 3.8) is 0 Å². The molecule has 0 unspecified atom stereocenters. The topological polar surface area (TPSA) is 76.7 Å². The first-order valence-electron chi connectivity index (χ1n) is 16.9. The average Bonchev–Trinajstić information content (AvgIpc) is 3.02. The highest BCUT2D eigenvalue weighted by Crippen LogP contribution is 2.50. The van der Waals surface area contributed by atoms with Crippen molar-refractivity contribution in [2.24, 2.45) is 0 Å². The van der Waals surface area contributed by atoms with Crippen molar-refractivity contribution >= 4 is 45.1 Å². The summed E-state index contributed by atoms with van der Waals surface area (Å²) in [6, 6.07) is 36.8. The van der Waals surface area contributed by atoms with Gasteiger partial charge in [-0.15, -0.1) is 0 Å². The molecule has 2 N–H and O–H groups in total. The van der Waals surface area contributed by atoms with Gasteiger partial charge in [0.25, 0.3) is 0 Å². The molecular weight excluding hydrogens is 620 g/mol. The van der Waals surface area contributed by atoms with Crippen molar-refractivity contribution in [1.82, 2.24) is 0 Å². The van der Waals surface area contributed by atoms with Crippen LogP contribution in [0.5, 0.6) is 0 Å². The maximum absolute atomic E-state index is 13.8. The SMILES string of the molecule is Cc1cc(C)cc(-c2cc3ccccc3c(-c3c(NC(=O)OC(C)(C)C)c(-c4ccccc4)cc4ccccc34)c2NC(=O)OC(C)(C)C)c1. The van der Waals surface area contributed by atoms with Gasteiger partial charge >= 0.3 is 12.2 Å². The van der Waals surface area contributed by atoms with Crippen LogP contribution in [0, 0.1) is 13.8 Å². The minimum atomic E-state index is -0.732. The lowest BCUT2D eigenvalue weighted by molar-refractivity contribution is 0.0624. The molecule has 6 heteroatoms. The van der Waals surface area contributed by atoms with Crippen LogP contribution in [0.25, 0.3) is 54.9 Å². The zero-order chi connectivity index (χ0) is 35.8. The zero-order valence-corrected chi connectivity index (χ0v) is 30.0. The molecule has 0 atom stereocenters. The van der Waals surface area contributed by atoms with Gasteiger partial charge in [0.1, 0.15) is 11.2 Å². The molecule has 6 rings (SSSR count). The highest BCUT2D eigenvalue weighted by molar-refractivity contribution is 6.21. The molecule has 0 radical (unpaired) electrons. The van der Waals surface area contributed by atoms with Gasteiger partial charge in [-0.05, 0) is 100 Å². The Hall–Kier alpha value is -5.62. The minimum absolute atomic E-state index is 0.569. The van der Waals surface area contributed by atoms with E-state index in [1.165, 1.54) is 0 Å². The summed E-state index contributed by atoms with van der Waals surface area (Å²) in [4.78, 5) is 27.6. The average molecular weight is 665 g/mol. The summed E-state index contributed by atoms with van der Waals surface area (Å²) in [5, 5.41) is 10.1. The van der Waals surface area contributed by atoms with Crippen LogP contribution in [-0.4, -0.2) is 23.4 Å². The van der Waals surface area contributed by atoms with E-state index in [4.69, 9.17) is 9.47 Å². The predicted octanol–water partition coefficient (Wildman–Crippen LogP) is 12.3. The molecule has 50 heavy (non-hydrogen) atoms. The number of hydrogen-bond donors (Lipinski definition) is 2. The molecule has 0 saturated heterocycles. The lowest BCUT2D eigenvalue weighted by atomic mass is 9.84. The van der Waals surface area contributed by atoms with Gasteiger partial charge in [-0.25, -0.2) is 9.59 Å². The Morgan fingerprint density at radius 1 is 0.500 bits per heavy atom. The maximum Gasteiger partial charge on any atom is 0.412 e. The minimum Gasteiger partial charge on any atom is -0.444 e. The highest BCUT2D eigenvalue weighted by Gasteiger charge is 2.28. The molecule has 0 fully saturated rings. The first-order chi connectivity index (χ1) is 23.7. The van der Waals surface area contributed by atoms with Crippen LogP contribution in [-0.2, 0) is 9.47 Å². The largest absolute Gasteiger partial charge is 0.444 e. The molecule has 0 spiro atoms. The second kappa shape index (κ2) is 13.4. The number of anilines is 2. The molecule has 2 amide bonds. The van der Waals surface area contributed by atoms with E-state index >= 15 is 0 Å². The van der Waals surface area contributed by atoms with Crippen LogP contribution in [0.15, 0.2) is 109 Å². The molecule has 0 aliphatic carbocycles. The van der Waals surface area contributed by atoms with Crippen LogP contribution in [0.2, 0.25) is 0 Å². The fourth-order valence-electron chi connectivity index (χ4n) is 6.49. The van der Waals surface area contributed by atoms with Gasteiger partial charge < -0.3 is 9.47 Å². The fourth-order valence-corrected chi connectivity index (χ4v) is 6.49. The van der Waals surface area contributed by atoms with Crippen LogP contribution < -0.4 is 10.6 Å². The molecule has 254 valence electrons. The number of nitrogens with one attached hydrogen (secondary N) is 2. The van der Waals surface area contributed by atoms with Gasteiger partial charge in [0.15, 0.2) is 0 Å². The number of aryl methyl sites for hydroxylation is 2. The van der Waals surface area contributed by atoms with E-state index in [-0.39, 0.29) is 0 Å². The highest BCUT2D eigenvalue weighted by atomic mass is 16.6. The standard InChI is InChI=1S/C44H44N2O4/c1-27-22-28(2)24-32(23-27)36-26-31-19-13-15-21-34(31)38(40(36)46-42(48)50-44(6,7)8)37-33-20-14-12-18-30(33)25-35(29-16-10-9-11-17-29)39(37)45-41(47)49-43(3,4)5/h9-26H,1-8H3,(H,45,47)(H,46,48). The van der Waals surface area contributed by atoms with Crippen molar-refractivity contribution in [1.29, 1.82) is 0 Å². The Morgan fingerprint density at radius 3 is 1.34 bits per heavy atom. The first-order valence-corrected chi connectivity index (χ1v) is 16.9. The summed E-state index contributed by atoms with van der Waals surface area (Å²) >= 11 is 0. The van der Waals surface area contributed by atoms with Gasteiger partial charge in [0.05, 0.1) is 11.4 Å². The third kappa shape index (κ3) is 7.50. The van der Waals surface area contributed by atoms with E-state index < -0.39 is 23.4 Å². The number of carbonyl (C=O) groups is 2. The second-order valence-electron chi connectivity index (χ2n) is 14.8. The van der Waals surface area contributed by atoms with Gasteiger partial charge in [-0.2, -0.15) is 0 Å². The number of rotatable bonds is 5. The molecule has 6 aromatic carbocycles. The van der Waals surface area contributed by atoms with Crippen molar-refractivity contribution in [2.45, 2.75) is 66.6 Å². The lowest BCUT2D eigenvalue weighted by Crippen LogP contribution is -2.28. The molecule has 0 bridgehead atoms. The molecule has 6 nitrogen and oxygen atoms in total. The summed E-state index contributed by atoms with van der Waals surface area (Å²) < 4.78 is 11.7. The van der Waals surface area contributed by atoms with E-state index in [1.54, 1.807) is 0 Å². The summed E-state index contributed by atoms with van der Waals surface area (Å²) in [6.45, 7) is 15.2. The monoisotopic (exact) mass is 664 g/mol. The van der Waals surface area contributed by atoms with Crippen molar-refractivity contribution in [3.05, 3.63) is 120 Å². The van der Waals surface area contributed by atoms with Gasteiger partial charge in [0.2, 0.25) is 0 Å². The van der Waals surface area contributed by atoms with E-state index in [1.807, 2.05) is 96.1 Å². The molecule has 0 heterocycles. The van der Waals surface area contributed by atoms with E-state index in [0.29, 0.717) is 11.4 Å². The molecular formula is C44H44N2O4. The smallest absolute Gasteiger partial charge is 0.412 e. The number of benzene rings is 6. The summed E-state index contributed by atoms with van der Waals surface area (Å²) in [5.41, 5.74) is 6.89. The number of hydrogen-bond acceptors (Lipinski definition) is 4. The Labute approximate surface area is 294 Å². The Bertz CT molecular complexity index is 2220. The number of carbonyl (C=O) groups excluding carboxylic acids is 2. The predicted molar refractivity (Wildman–Crippen MR) is 207 cm³/mol. The lowest BCUT2D eigenvalue weighted by Gasteiger charge is -2.27. The summed E-state index contributed by atoms with van der Waals surface area (Å²) in [7, 11) is 0. The third-order valence-electron chi connectivity index (χ3n) is 8.22. The summed E-state index contributed by atoms with van der Waals surface area (Å²) in [6.07, 6.45) is -1.16. The van der Waals surface area contributed by atoms with Crippen molar-refractivity contribution in [3.8, 4) is 33.4 Å². The van der Waals surface area contributed by atoms with Gasteiger partial charge in [-0.1, -0.05) is 108 Å².